The Labute approximate surface area is 95.4 Å². The molecule has 0 radical (unpaired) electrons. The molecule has 1 aromatic carbocycles. The third kappa shape index (κ3) is 2.32. The lowest BCUT2D eigenvalue weighted by atomic mass is 9.74. The van der Waals surface area contributed by atoms with Crippen LogP contribution in [-0.4, -0.2) is 6.54 Å². The van der Waals surface area contributed by atoms with Gasteiger partial charge in [-0.2, -0.15) is 0 Å². The summed E-state index contributed by atoms with van der Waals surface area (Å²) in [5, 5.41) is 0.534. The topological polar surface area (TPSA) is 26.0 Å². The Kier molecular flexibility index (Phi) is 3.41. The first-order valence-corrected chi connectivity index (χ1v) is 5.34. The van der Waals surface area contributed by atoms with Crippen molar-refractivity contribution in [2.45, 2.75) is 26.4 Å². The van der Waals surface area contributed by atoms with Crippen molar-refractivity contribution in [3.8, 4) is 0 Å². The quantitative estimate of drug-likeness (QED) is 0.825. The zero-order chi connectivity index (χ0) is 11.7. The molecule has 0 saturated heterocycles. The highest BCUT2D eigenvalue weighted by Crippen LogP contribution is 2.42. The summed E-state index contributed by atoms with van der Waals surface area (Å²) < 4.78 is 14.8. The average Bonchev–Trinajstić information content (AvgIpc) is 2.14. The summed E-state index contributed by atoms with van der Waals surface area (Å²) in [4.78, 5) is 0. The molecule has 0 amide bonds. The van der Waals surface area contributed by atoms with E-state index in [2.05, 4.69) is 0 Å². The molecule has 0 fully saturated rings. The molecular formula is C12H17ClFN. The fourth-order valence-electron chi connectivity index (χ4n) is 1.59. The standard InChI is InChI=1S/C12H17ClFN/c1-11(2,3)12(14,8-15)9-5-4-6-10(13)7-9/h4-7H,8,15H2,1-3H3. The molecule has 15 heavy (non-hydrogen) atoms. The first-order chi connectivity index (χ1) is 6.81. The van der Waals surface area contributed by atoms with Crippen LogP contribution < -0.4 is 5.73 Å². The zero-order valence-electron chi connectivity index (χ0n) is 9.35. The summed E-state index contributed by atoms with van der Waals surface area (Å²) >= 11 is 5.85. The van der Waals surface area contributed by atoms with Gasteiger partial charge < -0.3 is 5.73 Å². The molecule has 1 rings (SSSR count). The van der Waals surface area contributed by atoms with Gasteiger partial charge in [0.2, 0.25) is 0 Å². The van der Waals surface area contributed by atoms with E-state index >= 15 is 0 Å². The number of halogens is 2. The van der Waals surface area contributed by atoms with Crippen molar-refractivity contribution in [2.75, 3.05) is 6.54 Å². The van der Waals surface area contributed by atoms with Crippen LogP contribution in [0.1, 0.15) is 26.3 Å². The molecule has 84 valence electrons. The number of alkyl halides is 1. The van der Waals surface area contributed by atoms with Crippen molar-refractivity contribution < 1.29 is 4.39 Å². The Balaban J connectivity index is 3.23. The van der Waals surface area contributed by atoms with Crippen molar-refractivity contribution >= 4 is 11.6 Å². The molecule has 0 aliphatic carbocycles. The molecule has 1 nitrogen and oxygen atoms in total. The molecule has 0 heterocycles. The Morgan fingerprint density at radius 1 is 1.33 bits per heavy atom. The summed E-state index contributed by atoms with van der Waals surface area (Å²) in [5.74, 6) is 0. The second-order valence-corrected chi connectivity index (χ2v) is 5.20. The maximum absolute atomic E-state index is 14.8. The highest BCUT2D eigenvalue weighted by Gasteiger charge is 2.42. The van der Waals surface area contributed by atoms with Crippen molar-refractivity contribution in [3.05, 3.63) is 34.9 Å². The van der Waals surface area contributed by atoms with Crippen molar-refractivity contribution in [3.63, 3.8) is 0 Å². The summed E-state index contributed by atoms with van der Waals surface area (Å²) in [6.07, 6.45) is 0. The van der Waals surface area contributed by atoms with E-state index in [0.29, 0.717) is 10.6 Å². The van der Waals surface area contributed by atoms with Crippen LogP contribution in [0.4, 0.5) is 4.39 Å². The first kappa shape index (κ1) is 12.5. The molecule has 0 bridgehead atoms. The van der Waals surface area contributed by atoms with Crippen LogP contribution in [-0.2, 0) is 5.67 Å². The van der Waals surface area contributed by atoms with E-state index in [1.54, 1.807) is 24.3 Å². The van der Waals surface area contributed by atoms with Crippen molar-refractivity contribution in [2.24, 2.45) is 11.1 Å². The minimum Gasteiger partial charge on any atom is -0.327 e. The normalized spacial score (nSPS) is 16.1. The molecule has 2 N–H and O–H groups in total. The predicted octanol–water partition coefficient (Wildman–Crippen LogP) is 3.51. The van der Waals surface area contributed by atoms with Gasteiger partial charge in [-0.1, -0.05) is 44.5 Å². The first-order valence-electron chi connectivity index (χ1n) is 4.96. The van der Waals surface area contributed by atoms with E-state index in [1.165, 1.54) is 0 Å². The van der Waals surface area contributed by atoms with E-state index in [-0.39, 0.29) is 6.54 Å². The average molecular weight is 230 g/mol. The van der Waals surface area contributed by atoms with Crippen LogP contribution in [0.3, 0.4) is 0 Å². The maximum Gasteiger partial charge on any atom is 0.152 e. The predicted molar refractivity (Wildman–Crippen MR) is 62.7 cm³/mol. The molecule has 0 aromatic heterocycles. The van der Waals surface area contributed by atoms with Crippen LogP contribution in [0, 0.1) is 5.41 Å². The third-order valence-corrected chi connectivity index (χ3v) is 2.99. The largest absolute Gasteiger partial charge is 0.327 e. The smallest absolute Gasteiger partial charge is 0.152 e. The molecule has 0 spiro atoms. The van der Waals surface area contributed by atoms with Gasteiger partial charge in [0.15, 0.2) is 5.67 Å². The van der Waals surface area contributed by atoms with Gasteiger partial charge in [-0.05, 0) is 17.7 Å². The van der Waals surface area contributed by atoms with Gasteiger partial charge in [0.05, 0.1) is 0 Å². The SMILES string of the molecule is CC(C)(C)C(F)(CN)c1cccc(Cl)c1. The Bertz CT molecular complexity index is 346. The van der Waals surface area contributed by atoms with Gasteiger partial charge in [0.1, 0.15) is 0 Å². The number of hydrogen-bond donors (Lipinski definition) is 1. The van der Waals surface area contributed by atoms with E-state index in [4.69, 9.17) is 17.3 Å². The van der Waals surface area contributed by atoms with Crippen LogP contribution in [0.5, 0.6) is 0 Å². The number of rotatable bonds is 2. The summed E-state index contributed by atoms with van der Waals surface area (Å²) in [6, 6.07) is 6.84. The monoisotopic (exact) mass is 229 g/mol. The molecular weight excluding hydrogens is 213 g/mol. The molecule has 1 atom stereocenters. The minimum atomic E-state index is -1.54. The molecule has 0 aliphatic rings. The molecule has 3 heteroatoms. The molecule has 0 saturated carbocycles. The van der Waals surface area contributed by atoms with Crippen LogP contribution >= 0.6 is 11.6 Å². The highest BCUT2D eigenvalue weighted by atomic mass is 35.5. The maximum atomic E-state index is 14.8. The fourth-order valence-corrected chi connectivity index (χ4v) is 1.78. The fraction of sp³-hybridized carbons (Fsp3) is 0.500. The van der Waals surface area contributed by atoms with E-state index in [0.717, 1.165) is 0 Å². The Morgan fingerprint density at radius 3 is 2.33 bits per heavy atom. The van der Waals surface area contributed by atoms with E-state index in [1.807, 2.05) is 20.8 Å². The summed E-state index contributed by atoms with van der Waals surface area (Å²) in [5.41, 5.74) is 4.01. The van der Waals surface area contributed by atoms with Crippen LogP contribution in [0.2, 0.25) is 5.02 Å². The number of hydrogen-bond acceptors (Lipinski definition) is 1. The van der Waals surface area contributed by atoms with Gasteiger partial charge in [-0.15, -0.1) is 0 Å². The van der Waals surface area contributed by atoms with Crippen LogP contribution in [0.25, 0.3) is 0 Å². The van der Waals surface area contributed by atoms with Crippen molar-refractivity contribution in [1.29, 1.82) is 0 Å². The zero-order valence-corrected chi connectivity index (χ0v) is 10.1. The summed E-state index contributed by atoms with van der Waals surface area (Å²) in [6.45, 7) is 5.46. The number of benzene rings is 1. The Morgan fingerprint density at radius 2 is 1.93 bits per heavy atom. The van der Waals surface area contributed by atoms with Gasteiger partial charge in [0.25, 0.3) is 0 Å². The highest BCUT2D eigenvalue weighted by molar-refractivity contribution is 6.30. The molecule has 1 unspecified atom stereocenters. The van der Waals surface area contributed by atoms with E-state index in [9.17, 15) is 4.39 Å². The Hall–Kier alpha value is -0.600. The van der Waals surface area contributed by atoms with Gasteiger partial charge in [0, 0.05) is 17.0 Å². The number of nitrogens with two attached hydrogens (primary N) is 1. The lowest BCUT2D eigenvalue weighted by Crippen LogP contribution is -2.42. The van der Waals surface area contributed by atoms with E-state index < -0.39 is 11.1 Å². The lowest BCUT2D eigenvalue weighted by molar-refractivity contribution is 0.0343. The molecule has 1 aromatic rings. The second-order valence-electron chi connectivity index (χ2n) is 4.77. The van der Waals surface area contributed by atoms with Crippen LogP contribution in [0.15, 0.2) is 24.3 Å². The van der Waals surface area contributed by atoms with Crippen molar-refractivity contribution in [1.82, 2.24) is 0 Å². The minimum absolute atomic E-state index is 0.0448. The van der Waals surface area contributed by atoms with Gasteiger partial charge in [-0.3, -0.25) is 0 Å². The molecule has 0 aliphatic heterocycles. The summed E-state index contributed by atoms with van der Waals surface area (Å²) in [7, 11) is 0. The lowest BCUT2D eigenvalue weighted by Gasteiger charge is -2.37. The third-order valence-electron chi connectivity index (χ3n) is 2.75. The van der Waals surface area contributed by atoms with Gasteiger partial charge >= 0.3 is 0 Å². The van der Waals surface area contributed by atoms with Gasteiger partial charge in [-0.25, -0.2) is 4.39 Å². The second kappa shape index (κ2) is 4.11.